The Bertz CT molecular complexity index is 643. The van der Waals surface area contributed by atoms with E-state index in [1.807, 2.05) is 0 Å². The van der Waals surface area contributed by atoms with E-state index in [4.69, 9.17) is 14.2 Å². The maximum Gasteiger partial charge on any atom is 0.338 e. The van der Waals surface area contributed by atoms with Gasteiger partial charge in [-0.2, -0.15) is 0 Å². The van der Waals surface area contributed by atoms with Gasteiger partial charge in [0.1, 0.15) is 6.61 Å². The molecule has 0 aromatic heterocycles. The minimum absolute atomic E-state index is 0.156. The Morgan fingerprint density at radius 2 is 1.71 bits per heavy atom. The summed E-state index contributed by atoms with van der Waals surface area (Å²) in [7, 11) is 0. The molecule has 0 bridgehead atoms. The molecule has 0 aromatic rings. The van der Waals surface area contributed by atoms with Crippen LogP contribution in [-0.2, 0) is 28.6 Å². The predicted molar refractivity (Wildman–Crippen MR) is 131 cm³/mol. The highest BCUT2D eigenvalue weighted by molar-refractivity contribution is 5.87. The topological polar surface area (TPSA) is 90.9 Å². The molecule has 34 heavy (non-hydrogen) atoms. The van der Waals surface area contributed by atoms with Crippen LogP contribution >= 0.6 is 0 Å². The number of rotatable bonds is 15. The molecule has 2 aliphatic rings. The van der Waals surface area contributed by atoms with Crippen molar-refractivity contribution in [3.8, 4) is 0 Å². The molecule has 196 valence electrons. The Hall–Kier alpha value is -1.63. The molecule has 0 radical (unpaired) electrons. The van der Waals surface area contributed by atoms with E-state index in [-0.39, 0.29) is 24.5 Å². The van der Waals surface area contributed by atoms with Gasteiger partial charge in [0.2, 0.25) is 11.7 Å². The summed E-state index contributed by atoms with van der Waals surface area (Å²) in [5.74, 6) is -2.17. The number of esters is 2. The third-order valence-corrected chi connectivity index (χ3v) is 6.99. The second-order valence-corrected chi connectivity index (χ2v) is 10.6. The highest BCUT2D eigenvalue weighted by Gasteiger charge is 2.47. The molecule has 1 heterocycles. The van der Waals surface area contributed by atoms with Crippen LogP contribution in [0.2, 0.25) is 0 Å². The van der Waals surface area contributed by atoms with Crippen LogP contribution in [0.3, 0.4) is 0 Å². The van der Waals surface area contributed by atoms with Crippen LogP contribution in [0.15, 0.2) is 0 Å². The molecule has 2 fully saturated rings. The Balaban J connectivity index is 2.00. The van der Waals surface area contributed by atoms with Crippen LogP contribution in [0.1, 0.15) is 118 Å². The lowest BCUT2D eigenvalue weighted by Crippen LogP contribution is -2.47. The van der Waals surface area contributed by atoms with Crippen molar-refractivity contribution in [3.05, 3.63) is 0 Å². The molecule has 1 aliphatic heterocycles. The molecule has 1 N–H and O–H groups in total. The number of amides is 1. The number of carbonyl (C=O) groups excluding carboxylic acids is 3. The predicted octanol–water partition coefficient (Wildman–Crippen LogP) is 5.44. The van der Waals surface area contributed by atoms with E-state index in [1.54, 1.807) is 13.8 Å². The molecule has 7 nitrogen and oxygen atoms in total. The number of ether oxygens (including phenoxy) is 3. The fraction of sp³-hybridized carbons (Fsp3) is 0.889. The second kappa shape index (κ2) is 14.7. The summed E-state index contributed by atoms with van der Waals surface area (Å²) in [6.45, 7) is 7.13. The van der Waals surface area contributed by atoms with E-state index in [2.05, 4.69) is 12.2 Å². The maximum absolute atomic E-state index is 13.4. The highest BCUT2D eigenvalue weighted by atomic mass is 16.8. The van der Waals surface area contributed by atoms with Crippen molar-refractivity contribution in [1.29, 1.82) is 0 Å². The maximum atomic E-state index is 13.4. The lowest BCUT2D eigenvalue weighted by atomic mass is 9.84. The average molecular weight is 482 g/mol. The zero-order valence-electron chi connectivity index (χ0n) is 21.9. The summed E-state index contributed by atoms with van der Waals surface area (Å²) in [5.41, 5.74) is 0. The SMILES string of the molecule is CCCCCCCCC[C@@H](C(=O)N[C@H](COC(C)=O)CC1CCCCC1)[C@@H]1OC(C)(C)OC1=O. The molecule has 1 saturated carbocycles. The highest BCUT2D eigenvalue weighted by Crippen LogP contribution is 2.32. The van der Waals surface area contributed by atoms with Crippen molar-refractivity contribution in [2.24, 2.45) is 11.8 Å². The molecule has 1 aliphatic carbocycles. The lowest BCUT2D eigenvalue weighted by molar-refractivity contribution is -0.162. The smallest absolute Gasteiger partial charge is 0.338 e. The fourth-order valence-electron chi connectivity index (χ4n) is 5.19. The number of nitrogens with one attached hydrogen (secondary N) is 1. The second-order valence-electron chi connectivity index (χ2n) is 10.6. The number of cyclic esters (lactones) is 1. The van der Waals surface area contributed by atoms with E-state index in [0.717, 1.165) is 38.5 Å². The first-order valence-corrected chi connectivity index (χ1v) is 13.6. The minimum atomic E-state index is -1.03. The van der Waals surface area contributed by atoms with Crippen LogP contribution < -0.4 is 5.32 Å². The molecule has 0 unspecified atom stereocenters. The normalized spacial score (nSPS) is 22.1. The zero-order chi connectivity index (χ0) is 25.0. The number of unbranched alkanes of at least 4 members (excludes halogenated alkanes) is 6. The Morgan fingerprint density at radius 3 is 2.29 bits per heavy atom. The molecule has 3 atom stereocenters. The fourth-order valence-corrected chi connectivity index (χ4v) is 5.19. The molecule has 7 heteroatoms. The van der Waals surface area contributed by atoms with Crippen LogP contribution in [0.4, 0.5) is 0 Å². The number of carbonyl (C=O) groups is 3. The lowest BCUT2D eigenvalue weighted by Gasteiger charge is -2.29. The van der Waals surface area contributed by atoms with Crippen molar-refractivity contribution in [2.45, 2.75) is 136 Å². The summed E-state index contributed by atoms with van der Waals surface area (Å²) >= 11 is 0. The van der Waals surface area contributed by atoms with Crippen molar-refractivity contribution in [2.75, 3.05) is 6.61 Å². The van der Waals surface area contributed by atoms with E-state index in [9.17, 15) is 14.4 Å². The van der Waals surface area contributed by atoms with Gasteiger partial charge in [-0.3, -0.25) is 9.59 Å². The average Bonchev–Trinajstić information content (AvgIpc) is 3.06. The largest absolute Gasteiger partial charge is 0.464 e. The minimum Gasteiger partial charge on any atom is -0.464 e. The van der Waals surface area contributed by atoms with Gasteiger partial charge in [-0.05, 0) is 18.8 Å². The van der Waals surface area contributed by atoms with Crippen LogP contribution in [0.25, 0.3) is 0 Å². The van der Waals surface area contributed by atoms with Crippen molar-refractivity contribution < 1.29 is 28.6 Å². The van der Waals surface area contributed by atoms with E-state index >= 15 is 0 Å². The quantitative estimate of drug-likeness (QED) is 0.247. The third kappa shape index (κ3) is 10.3. The third-order valence-electron chi connectivity index (χ3n) is 6.99. The van der Waals surface area contributed by atoms with Crippen LogP contribution in [-0.4, -0.2) is 42.4 Å². The molecule has 0 aromatic carbocycles. The van der Waals surface area contributed by atoms with E-state index in [0.29, 0.717) is 12.3 Å². The zero-order valence-corrected chi connectivity index (χ0v) is 21.9. The first kappa shape index (κ1) is 28.6. The Labute approximate surface area is 206 Å². The van der Waals surface area contributed by atoms with E-state index in [1.165, 1.54) is 51.9 Å². The molecule has 2 rings (SSSR count). The van der Waals surface area contributed by atoms with Gasteiger partial charge in [0.05, 0.1) is 12.0 Å². The number of hydrogen-bond acceptors (Lipinski definition) is 6. The van der Waals surface area contributed by atoms with Gasteiger partial charge >= 0.3 is 11.9 Å². The Morgan fingerprint density at radius 1 is 1.06 bits per heavy atom. The van der Waals surface area contributed by atoms with Gasteiger partial charge in [-0.25, -0.2) is 4.79 Å². The molecular formula is C27H47NO6. The van der Waals surface area contributed by atoms with E-state index < -0.39 is 23.8 Å². The molecule has 1 saturated heterocycles. The van der Waals surface area contributed by atoms with Gasteiger partial charge in [0.25, 0.3) is 0 Å². The molecule has 1 amide bonds. The van der Waals surface area contributed by atoms with Gasteiger partial charge in [0.15, 0.2) is 6.10 Å². The first-order valence-electron chi connectivity index (χ1n) is 13.6. The molecular weight excluding hydrogens is 434 g/mol. The monoisotopic (exact) mass is 481 g/mol. The van der Waals surface area contributed by atoms with Crippen LogP contribution in [0.5, 0.6) is 0 Å². The summed E-state index contributed by atoms with van der Waals surface area (Å²) in [6, 6.07) is -0.263. The summed E-state index contributed by atoms with van der Waals surface area (Å²) in [6.07, 6.45) is 14.3. The number of hydrogen-bond donors (Lipinski definition) is 1. The Kier molecular flexibility index (Phi) is 12.4. The van der Waals surface area contributed by atoms with Gasteiger partial charge in [0, 0.05) is 20.8 Å². The van der Waals surface area contributed by atoms with Crippen molar-refractivity contribution in [3.63, 3.8) is 0 Å². The standard InChI is InChI=1S/C27H47NO6/c1-5-6-7-8-9-10-14-17-23(24-26(31)34-27(3,4)33-24)25(30)28-22(19-32-20(2)29)18-21-15-12-11-13-16-21/h21-24H,5-19H2,1-4H3,(H,28,30)/t22-,23+,24-/m0/s1. The van der Waals surface area contributed by atoms with Crippen molar-refractivity contribution >= 4 is 17.8 Å². The summed E-state index contributed by atoms with van der Waals surface area (Å²) in [5, 5.41) is 3.11. The first-order chi connectivity index (χ1) is 16.2. The van der Waals surface area contributed by atoms with Gasteiger partial charge in [-0.1, -0.05) is 84.0 Å². The van der Waals surface area contributed by atoms with Crippen molar-refractivity contribution in [1.82, 2.24) is 5.32 Å². The summed E-state index contributed by atoms with van der Waals surface area (Å²) in [4.78, 5) is 37.4. The summed E-state index contributed by atoms with van der Waals surface area (Å²) < 4.78 is 16.5. The molecule has 0 spiro atoms. The van der Waals surface area contributed by atoms with Gasteiger partial charge in [-0.15, -0.1) is 0 Å². The van der Waals surface area contributed by atoms with Gasteiger partial charge < -0.3 is 19.5 Å². The van der Waals surface area contributed by atoms with Crippen LogP contribution in [0, 0.1) is 11.8 Å².